The second-order valence-electron chi connectivity index (χ2n) is 10.1. The van der Waals surface area contributed by atoms with Gasteiger partial charge >= 0.3 is 0 Å². The number of rotatable bonds is 13. The van der Waals surface area contributed by atoms with Crippen molar-refractivity contribution in [1.29, 1.82) is 5.26 Å². The maximum absolute atomic E-state index is 10.2. The number of hydrogen-bond donors (Lipinski definition) is 4. The Bertz CT molecular complexity index is 1760. The Morgan fingerprint density at radius 3 is 2.40 bits per heavy atom. The zero-order valence-corrected chi connectivity index (χ0v) is 24.6. The molecule has 0 atom stereocenters. The molecule has 220 valence electrons. The van der Waals surface area contributed by atoms with Gasteiger partial charge in [0.15, 0.2) is 11.5 Å². The number of nitrogens with zero attached hydrogens (tertiary/aromatic N) is 4. The van der Waals surface area contributed by atoms with Crippen LogP contribution < -0.4 is 15.4 Å². The molecule has 0 saturated heterocycles. The summed E-state index contributed by atoms with van der Waals surface area (Å²) in [5.41, 5.74) is 7.29. The molecule has 0 amide bonds. The minimum absolute atomic E-state index is 0.0471. The number of nitrogens with one attached hydrogen (secondary N) is 2. The molecule has 43 heavy (non-hydrogen) atoms. The first-order chi connectivity index (χ1) is 21.0. The molecule has 0 aliphatic rings. The van der Waals surface area contributed by atoms with Crippen molar-refractivity contribution in [2.75, 3.05) is 26.3 Å². The maximum Gasteiger partial charge on any atom is 0.183 e. The number of ether oxygens (including phenoxy) is 1. The minimum atomic E-state index is 0.0471. The summed E-state index contributed by atoms with van der Waals surface area (Å²) in [4.78, 5) is 4.65. The van der Waals surface area contributed by atoms with Gasteiger partial charge < -0.3 is 25.6 Å². The molecule has 5 aromatic rings. The summed E-state index contributed by atoms with van der Waals surface area (Å²) >= 11 is 6.52. The smallest absolute Gasteiger partial charge is 0.183 e. The highest BCUT2D eigenvalue weighted by molar-refractivity contribution is 6.33. The number of fused-ring (bicyclic) bond motifs is 1. The van der Waals surface area contributed by atoms with Crippen LogP contribution in [0.3, 0.4) is 0 Å². The van der Waals surface area contributed by atoms with Crippen LogP contribution in [0.4, 0.5) is 0 Å². The lowest BCUT2D eigenvalue weighted by Crippen LogP contribution is -2.17. The summed E-state index contributed by atoms with van der Waals surface area (Å²) in [5.74, 6) is 1.21. The van der Waals surface area contributed by atoms with Gasteiger partial charge in [-0.2, -0.15) is 5.26 Å². The first-order valence-corrected chi connectivity index (χ1v) is 14.4. The SMILES string of the molecule is Cc1cc(CNCCO)ccc1OCc1cccc(-c2cccc(-c3nc4c(Cl)cc(CNCCO)cn4n3)c2C#N)c1. The van der Waals surface area contributed by atoms with Crippen LogP contribution in [0, 0.1) is 18.3 Å². The van der Waals surface area contributed by atoms with Crippen molar-refractivity contribution < 1.29 is 14.9 Å². The minimum Gasteiger partial charge on any atom is -0.489 e. The van der Waals surface area contributed by atoms with Crippen molar-refractivity contribution in [3.8, 4) is 34.3 Å². The number of pyridine rings is 1. The lowest BCUT2D eigenvalue weighted by atomic mass is 9.95. The number of nitriles is 1. The number of aliphatic hydroxyl groups excluding tert-OH is 2. The maximum atomic E-state index is 10.2. The lowest BCUT2D eigenvalue weighted by Gasteiger charge is -2.13. The predicted octanol–water partition coefficient (Wildman–Crippen LogP) is 4.64. The van der Waals surface area contributed by atoms with Crippen molar-refractivity contribution >= 4 is 17.2 Å². The van der Waals surface area contributed by atoms with Crippen molar-refractivity contribution in [3.63, 3.8) is 0 Å². The molecule has 3 aromatic carbocycles. The molecule has 0 spiro atoms. The molecule has 0 saturated carbocycles. The van der Waals surface area contributed by atoms with E-state index in [1.54, 1.807) is 4.52 Å². The van der Waals surface area contributed by atoms with E-state index in [2.05, 4.69) is 32.9 Å². The van der Waals surface area contributed by atoms with Crippen LogP contribution in [0.2, 0.25) is 5.02 Å². The van der Waals surface area contributed by atoms with Gasteiger partial charge in [-0.25, -0.2) is 9.50 Å². The Kier molecular flexibility index (Phi) is 10.00. The molecule has 2 heterocycles. The van der Waals surface area contributed by atoms with Crippen molar-refractivity contribution in [2.24, 2.45) is 0 Å². The number of aromatic nitrogens is 3. The highest BCUT2D eigenvalue weighted by Gasteiger charge is 2.17. The zero-order valence-electron chi connectivity index (χ0n) is 23.8. The Balaban J connectivity index is 1.38. The van der Waals surface area contributed by atoms with E-state index in [-0.39, 0.29) is 13.2 Å². The van der Waals surface area contributed by atoms with Gasteiger partial charge in [-0.05, 0) is 59.0 Å². The lowest BCUT2D eigenvalue weighted by molar-refractivity contribution is 0.291. The molecule has 4 N–H and O–H groups in total. The third-order valence-electron chi connectivity index (χ3n) is 6.97. The van der Waals surface area contributed by atoms with E-state index < -0.39 is 0 Å². The number of aryl methyl sites for hydroxylation is 1. The largest absolute Gasteiger partial charge is 0.489 e. The molecule has 0 fully saturated rings. The first-order valence-electron chi connectivity index (χ1n) is 14.0. The van der Waals surface area contributed by atoms with E-state index in [4.69, 9.17) is 26.6 Å². The number of aliphatic hydroxyl groups is 2. The molecule has 0 radical (unpaired) electrons. The summed E-state index contributed by atoms with van der Waals surface area (Å²) in [5, 5.41) is 39.7. The Hall–Kier alpha value is -4.30. The fraction of sp³-hybridized carbons (Fsp3) is 0.242. The van der Waals surface area contributed by atoms with Gasteiger partial charge in [-0.1, -0.05) is 54.1 Å². The van der Waals surface area contributed by atoms with Crippen LogP contribution in [0.5, 0.6) is 5.75 Å². The van der Waals surface area contributed by atoms with Gasteiger partial charge in [0.2, 0.25) is 0 Å². The highest BCUT2D eigenvalue weighted by atomic mass is 35.5. The Morgan fingerprint density at radius 2 is 1.65 bits per heavy atom. The third kappa shape index (κ3) is 7.20. The standard InChI is InChI=1S/C33H33ClN6O3/c1-22-14-23(18-36-10-12-41)8-9-31(22)43-21-24-4-2-5-26(15-24)27-6-3-7-28(29(27)17-35)32-38-33-30(34)16-25(19-37-11-13-42)20-40(33)39-32/h2-9,14-16,20,36-37,41-42H,10-13,18-19,21H2,1H3. The Morgan fingerprint density at radius 1 is 0.907 bits per heavy atom. The van der Waals surface area contributed by atoms with Gasteiger partial charge in [-0.15, -0.1) is 5.10 Å². The molecule has 0 aliphatic heterocycles. The average molecular weight is 597 g/mol. The first kappa shape index (κ1) is 30.2. The van der Waals surface area contributed by atoms with Crippen molar-refractivity contribution in [1.82, 2.24) is 25.2 Å². The number of halogens is 1. The number of hydrogen-bond acceptors (Lipinski definition) is 8. The van der Waals surface area contributed by atoms with Crippen molar-refractivity contribution in [2.45, 2.75) is 26.6 Å². The molecule has 10 heteroatoms. The van der Waals surface area contributed by atoms with Crippen LogP contribution in [-0.4, -0.2) is 51.1 Å². The van der Waals surface area contributed by atoms with Crippen LogP contribution in [0.15, 0.2) is 72.9 Å². The Labute approximate surface area is 255 Å². The van der Waals surface area contributed by atoms with Gasteiger partial charge in [0.25, 0.3) is 0 Å². The van der Waals surface area contributed by atoms with E-state index in [1.807, 2.05) is 73.8 Å². The number of benzene rings is 3. The normalized spacial score (nSPS) is 11.1. The third-order valence-corrected chi connectivity index (χ3v) is 7.25. The molecule has 0 aliphatic carbocycles. The molecule has 9 nitrogen and oxygen atoms in total. The van der Waals surface area contributed by atoms with Gasteiger partial charge in [-0.3, -0.25) is 0 Å². The van der Waals surface area contributed by atoms with Crippen molar-refractivity contribution in [3.05, 3.63) is 106 Å². The zero-order chi connectivity index (χ0) is 30.2. The summed E-state index contributed by atoms with van der Waals surface area (Å²) < 4.78 is 7.78. The molecule has 0 bridgehead atoms. The van der Waals surface area contributed by atoms with Crippen LogP contribution in [0.1, 0.15) is 27.8 Å². The second-order valence-corrected chi connectivity index (χ2v) is 10.5. The van der Waals surface area contributed by atoms with E-state index in [9.17, 15) is 5.26 Å². The predicted molar refractivity (Wildman–Crippen MR) is 167 cm³/mol. The monoisotopic (exact) mass is 596 g/mol. The summed E-state index contributed by atoms with van der Waals surface area (Å²) in [6, 6.07) is 23.9. The summed E-state index contributed by atoms with van der Waals surface area (Å²) in [6.45, 7) is 4.79. The fourth-order valence-electron chi connectivity index (χ4n) is 4.90. The van der Waals surface area contributed by atoms with Gasteiger partial charge in [0, 0.05) is 43.5 Å². The fourth-order valence-corrected chi connectivity index (χ4v) is 5.17. The molecule has 0 unspecified atom stereocenters. The summed E-state index contributed by atoms with van der Waals surface area (Å²) in [7, 11) is 0. The van der Waals surface area contributed by atoms with Gasteiger partial charge in [0.05, 0.1) is 23.8 Å². The van der Waals surface area contributed by atoms with E-state index in [0.29, 0.717) is 60.4 Å². The molecular formula is C33H33ClN6O3. The molecular weight excluding hydrogens is 564 g/mol. The molecule has 5 rings (SSSR count). The quantitative estimate of drug-likeness (QED) is 0.145. The van der Waals surface area contributed by atoms with Crippen LogP contribution in [0.25, 0.3) is 28.2 Å². The van der Waals surface area contributed by atoms with Gasteiger partial charge in [0.1, 0.15) is 18.4 Å². The summed E-state index contributed by atoms with van der Waals surface area (Å²) in [6.07, 6.45) is 1.84. The van der Waals surface area contributed by atoms with E-state index in [0.717, 1.165) is 39.1 Å². The molecule has 2 aromatic heterocycles. The topological polar surface area (TPSA) is 128 Å². The van der Waals surface area contributed by atoms with E-state index >= 15 is 0 Å². The van der Waals surface area contributed by atoms with Crippen LogP contribution >= 0.6 is 11.6 Å². The second kappa shape index (κ2) is 14.2. The average Bonchev–Trinajstić information content (AvgIpc) is 3.45. The van der Waals surface area contributed by atoms with E-state index in [1.165, 1.54) is 0 Å². The van der Waals surface area contributed by atoms with Crippen LogP contribution in [-0.2, 0) is 19.7 Å². The highest BCUT2D eigenvalue weighted by Crippen LogP contribution is 2.32.